The summed E-state index contributed by atoms with van der Waals surface area (Å²) in [6, 6.07) is 17.5. The van der Waals surface area contributed by atoms with Crippen molar-refractivity contribution in [1.82, 2.24) is 10.7 Å². The molecule has 25 heavy (non-hydrogen) atoms. The van der Waals surface area contributed by atoms with E-state index in [2.05, 4.69) is 15.8 Å². The predicted molar refractivity (Wildman–Crippen MR) is 92.1 cm³/mol. The fraction of sp³-hybridized carbons (Fsp3) is 0.111. The summed E-state index contributed by atoms with van der Waals surface area (Å²) in [5, 5.41) is 14.9. The number of para-hydroxylation sites is 1. The normalized spacial score (nSPS) is 10.0. The maximum absolute atomic E-state index is 11.8. The minimum absolute atomic E-state index is 0.0806. The predicted octanol–water partition coefficient (Wildman–Crippen LogP) is 1.47. The van der Waals surface area contributed by atoms with Gasteiger partial charge in [0, 0.05) is 11.1 Å². The standard InChI is InChI=1S/C18H16N4O3/c19-10-11-25-16-9-5-4-8-15(16)12-21-22-17(23)13-20-18(24)14-6-2-1-3-7-14/h1-9,12H,11,13H2,(H,20,24)(H,22,23)/b21-12-. The van der Waals surface area contributed by atoms with Crippen LogP contribution in [0.15, 0.2) is 59.7 Å². The maximum atomic E-state index is 11.8. The molecule has 7 heteroatoms. The van der Waals surface area contributed by atoms with Gasteiger partial charge in [-0.3, -0.25) is 9.59 Å². The molecule has 0 aromatic heterocycles. The van der Waals surface area contributed by atoms with Crippen molar-refractivity contribution in [3.8, 4) is 11.8 Å². The van der Waals surface area contributed by atoms with Crippen LogP contribution in [0.4, 0.5) is 0 Å². The van der Waals surface area contributed by atoms with Crippen molar-refractivity contribution < 1.29 is 14.3 Å². The minimum atomic E-state index is -0.462. The van der Waals surface area contributed by atoms with Crippen molar-refractivity contribution in [2.45, 2.75) is 0 Å². The van der Waals surface area contributed by atoms with Gasteiger partial charge in [0.25, 0.3) is 11.8 Å². The molecule has 0 radical (unpaired) electrons. The number of hydrogen-bond donors (Lipinski definition) is 2. The Balaban J connectivity index is 1.83. The molecule has 126 valence electrons. The third-order valence-corrected chi connectivity index (χ3v) is 3.05. The van der Waals surface area contributed by atoms with Gasteiger partial charge in [0.1, 0.15) is 11.8 Å². The van der Waals surface area contributed by atoms with Crippen molar-refractivity contribution >= 4 is 18.0 Å². The number of nitrogens with one attached hydrogen (secondary N) is 2. The van der Waals surface area contributed by atoms with Gasteiger partial charge in [-0.1, -0.05) is 30.3 Å². The van der Waals surface area contributed by atoms with Crippen LogP contribution in [-0.2, 0) is 4.79 Å². The van der Waals surface area contributed by atoms with Gasteiger partial charge in [-0.05, 0) is 24.3 Å². The van der Waals surface area contributed by atoms with Crippen molar-refractivity contribution in [2.75, 3.05) is 13.2 Å². The van der Waals surface area contributed by atoms with E-state index in [1.807, 2.05) is 6.07 Å². The lowest BCUT2D eigenvalue weighted by Gasteiger charge is -2.05. The van der Waals surface area contributed by atoms with Crippen LogP contribution in [0, 0.1) is 11.3 Å². The summed E-state index contributed by atoms with van der Waals surface area (Å²) in [5.41, 5.74) is 3.41. The summed E-state index contributed by atoms with van der Waals surface area (Å²) in [6.45, 7) is -0.277. The quantitative estimate of drug-likeness (QED) is 0.590. The molecular weight excluding hydrogens is 320 g/mol. The van der Waals surface area contributed by atoms with Gasteiger partial charge < -0.3 is 10.1 Å². The third kappa shape index (κ3) is 5.80. The molecule has 0 aliphatic carbocycles. The molecule has 0 fully saturated rings. The molecule has 0 bridgehead atoms. The van der Waals surface area contributed by atoms with E-state index in [1.54, 1.807) is 54.6 Å². The van der Waals surface area contributed by atoms with Crippen molar-refractivity contribution in [3.05, 3.63) is 65.7 Å². The molecule has 0 heterocycles. The number of rotatable bonds is 7. The molecule has 0 unspecified atom stereocenters. The number of benzene rings is 2. The van der Waals surface area contributed by atoms with Crippen molar-refractivity contribution in [3.63, 3.8) is 0 Å². The monoisotopic (exact) mass is 336 g/mol. The zero-order valence-electron chi connectivity index (χ0n) is 13.3. The third-order valence-electron chi connectivity index (χ3n) is 3.05. The second-order valence-electron chi connectivity index (χ2n) is 4.83. The van der Waals surface area contributed by atoms with Crippen LogP contribution in [-0.4, -0.2) is 31.2 Å². The molecule has 2 aromatic carbocycles. The lowest BCUT2D eigenvalue weighted by molar-refractivity contribution is -0.120. The van der Waals surface area contributed by atoms with Crippen LogP contribution in [0.3, 0.4) is 0 Å². The lowest BCUT2D eigenvalue weighted by atomic mass is 10.2. The van der Waals surface area contributed by atoms with Gasteiger partial charge in [0.05, 0.1) is 12.8 Å². The summed E-state index contributed by atoms with van der Waals surface area (Å²) in [5.74, 6) is -0.314. The first kappa shape index (κ1) is 17.7. The van der Waals surface area contributed by atoms with Crippen molar-refractivity contribution in [2.24, 2.45) is 5.10 Å². The number of hydrazone groups is 1. The fourth-order valence-electron chi connectivity index (χ4n) is 1.89. The summed E-state index contributed by atoms with van der Waals surface area (Å²) >= 11 is 0. The topological polar surface area (TPSA) is 104 Å². The molecule has 0 spiro atoms. The second kappa shape index (κ2) is 9.47. The number of amides is 2. The van der Waals surface area contributed by atoms with E-state index >= 15 is 0 Å². The van der Waals surface area contributed by atoms with Gasteiger partial charge in [-0.25, -0.2) is 5.43 Å². The van der Waals surface area contributed by atoms with E-state index < -0.39 is 5.91 Å². The number of carbonyl (C=O) groups excluding carboxylic acids is 2. The zero-order chi connectivity index (χ0) is 17.9. The number of hydrogen-bond acceptors (Lipinski definition) is 5. The van der Waals surface area contributed by atoms with Crippen LogP contribution >= 0.6 is 0 Å². The first-order valence-electron chi connectivity index (χ1n) is 7.44. The highest BCUT2D eigenvalue weighted by molar-refractivity contribution is 5.96. The molecule has 2 amide bonds. The van der Waals surface area contributed by atoms with Crippen LogP contribution in [0.5, 0.6) is 5.75 Å². The van der Waals surface area contributed by atoms with Crippen LogP contribution in [0.1, 0.15) is 15.9 Å². The van der Waals surface area contributed by atoms with Crippen molar-refractivity contribution in [1.29, 1.82) is 5.26 Å². The van der Waals surface area contributed by atoms with Gasteiger partial charge in [0.15, 0.2) is 6.61 Å². The largest absolute Gasteiger partial charge is 0.478 e. The fourth-order valence-corrected chi connectivity index (χ4v) is 1.89. The first-order chi connectivity index (χ1) is 12.2. The molecule has 2 N–H and O–H groups in total. The molecule has 7 nitrogen and oxygen atoms in total. The van der Waals surface area contributed by atoms with E-state index in [0.29, 0.717) is 16.9 Å². The number of ether oxygens (including phenoxy) is 1. The highest BCUT2D eigenvalue weighted by atomic mass is 16.5. The minimum Gasteiger partial charge on any atom is -0.478 e. The Kier molecular flexibility index (Phi) is 6.70. The summed E-state index contributed by atoms with van der Waals surface area (Å²) < 4.78 is 5.25. The molecule has 2 rings (SSSR count). The Bertz CT molecular complexity index is 797. The highest BCUT2D eigenvalue weighted by Gasteiger charge is 2.06. The highest BCUT2D eigenvalue weighted by Crippen LogP contribution is 2.15. The summed E-state index contributed by atoms with van der Waals surface area (Å²) in [4.78, 5) is 23.5. The van der Waals surface area contributed by atoms with Crippen LogP contribution in [0.2, 0.25) is 0 Å². The smallest absolute Gasteiger partial charge is 0.259 e. The number of nitriles is 1. The Labute approximate surface area is 144 Å². The average molecular weight is 336 g/mol. The Hall–Kier alpha value is -3.66. The van der Waals surface area contributed by atoms with Gasteiger partial charge in [0.2, 0.25) is 0 Å². The number of carbonyl (C=O) groups is 2. The van der Waals surface area contributed by atoms with Crippen LogP contribution in [0.25, 0.3) is 0 Å². The average Bonchev–Trinajstić information content (AvgIpc) is 2.66. The Morgan fingerprint density at radius 3 is 2.60 bits per heavy atom. The molecule has 0 saturated carbocycles. The maximum Gasteiger partial charge on any atom is 0.259 e. The second-order valence-corrected chi connectivity index (χ2v) is 4.83. The molecule has 0 saturated heterocycles. The van der Waals surface area contributed by atoms with E-state index in [-0.39, 0.29) is 19.1 Å². The van der Waals surface area contributed by atoms with E-state index in [1.165, 1.54) is 6.21 Å². The zero-order valence-corrected chi connectivity index (χ0v) is 13.3. The summed E-state index contributed by atoms with van der Waals surface area (Å²) in [6.07, 6.45) is 1.41. The van der Waals surface area contributed by atoms with Gasteiger partial charge in [-0.15, -0.1) is 0 Å². The Morgan fingerprint density at radius 2 is 1.84 bits per heavy atom. The Morgan fingerprint density at radius 1 is 1.12 bits per heavy atom. The molecule has 0 aliphatic rings. The summed E-state index contributed by atoms with van der Waals surface area (Å²) in [7, 11) is 0. The first-order valence-corrected chi connectivity index (χ1v) is 7.44. The van der Waals surface area contributed by atoms with Gasteiger partial charge >= 0.3 is 0 Å². The SMILES string of the molecule is N#CCOc1ccccc1/C=N\NC(=O)CNC(=O)c1ccccc1. The molecule has 0 atom stereocenters. The van der Waals surface area contributed by atoms with E-state index in [4.69, 9.17) is 10.00 Å². The molecule has 0 aliphatic heterocycles. The van der Waals surface area contributed by atoms with E-state index in [9.17, 15) is 9.59 Å². The number of nitrogens with zero attached hydrogens (tertiary/aromatic N) is 2. The van der Waals surface area contributed by atoms with Gasteiger partial charge in [-0.2, -0.15) is 10.4 Å². The van der Waals surface area contributed by atoms with E-state index in [0.717, 1.165) is 0 Å². The lowest BCUT2D eigenvalue weighted by Crippen LogP contribution is -2.34. The molecule has 2 aromatic rings. The van der Waals surface area contributed by atoms with Crippen LogP contribution < -0.4 is 15.5 Å². The molecular formula is C18H16N4O3.